The van der Waals surface area contributed by atoms with Crippen LogP contribution in [0.5, 0.6) is 0 Å². The molecule has 0 atom stereocenters. The van der Waals surface area contributed by atoms with Gasteiger partial charge in [-0.3, -0.25) is 0 Å². The van der Waals surface area contributed by atoms with Crippen molar-refractivity contribution in [2.24, 2.45) is 0 Å². The van der Waals surface area contributed by atoms with Gasteiger partial charge in [-0.25, -0.2) is 0 Å². The molecule has 0 bridgehead atoms. The molecule has 0 aliphatic carbocycles. The van der Waals surface area contributed by atoms with E-state index < -0.39 is 0 Å². The number of hydrogen-bond acceptors (Lipinski definition) is 2. The van der Waals surface area contributed by atoms with Crippen LogP contribution in [0.2, 0.25) is 0 Å². The Kier molecular flexibility index (Phi) is 3.38. The van der Waals surface area contributed by atoms with Crippen LogP contribution in [0.3, 0.4) is 0 Å². The second kappa shape index (κ2) is 5.33. The topological polar surface area (TPSA) is 25.8 Å². The molecule has 3 heteroatoms. The van der Waals surface area contributed by atoms with Crippen molar-refractivity contribution in [3.8, 4) is 22.5 Å². The molecular formula is C16H11BrN2. The number of halogens is 1. The molecule has 1 heterocycles. The van der Waals surface area contributed by atoms with Gasteiger partial charge in [0.05, 0.1) is 11.4 Å². The normalized spacial score (nSPS) is 10.4. The lowest BCUT2D eigenvalue weighted by atomic mass is 10.1. The lowest BCUT2D eigenvalue weighted by molar-refractivity contribution is 1.04. The molecular weight excluding hydrogens is 300 g/mol. The molecule has 3 rings (SSSR count). The first-order valence-corrected chi connectivity index (χ1v) is 6.77. The third-order valence-corrected chi connectivity index (χ3v) is 3.40. The molecule has 0 aliphatic rings. The van der Waals surface area contributed by atoms with E-state index in [1.54, 1.807) is 0 Å². The summed E-state index contributed by atoms with van der Waals surface area (Å²) in [6, 6.07) is 22.1. The Morgan fingerprint density at radius 2 is 1.11 bits per heavy atom. The highest BCUT2D eigenvalue weighted by Gasteiger charge is 2.02. The predicted molar refractivity (Wildman–Crippen MR) is 80.6 cm³/mol. The molecule has 2 aromatic carbocycles. The number of nitrogens with zero attached hydrogens (tertiary/aromatic N) is 2. The predicted octanol–water partition coefficient (Wildman–Crippen LogP) is 4.57. The van der Waals surface area contributed by atoms with Gasteiger partial charge in [0.15, 0.2) is 0 Å². The highest BCUT2D eigenvalue weighted by molar-refractivity contribution is 9.10. The molecule has 0 spiro atoms. The Labute approximate surface area is 120 Å². The molecule has 0 saturated heterocycles. The van der Waals surface area contributed by atoms with Gasteiger partial charge < -0.3 is 0 Å². The van der Waals surface area contributed by atoms with Crippen molar-refractivity contribution in [3.05, 3.63) is 71.2 Å². The third-order valence-electron chi connectivity index (χ3n) is 2.87. The van der Waals surface area contributed by atoms with Gasteiger partial charge in [-0.15, -0.1) is 10.2 Å². The number of rotatable bonds is 2. The van der Waals surface area contributed by atoms with Crippen molar-refractivity contribution in [3.63, 3.8) is 0 Å². The van der Waals surface area contributed by atoms with Gasteiger partial charge in [-0.05, 0) is 24.3 Å². The van der Waals surface area contributed by atoms with Crippen molar-refractivity contribution >= 4 is 15.9 Å². The Morgan fingerprint density at radius 3 is 1.63 bits per heavy atom. The maximum atomic E-state index is 4.29. The van der Waals surface area contributed by atoms with Crippen molar-refractivity contribution in [1.82, 2.24) is 10.2 Å². The van der Waals surface area contributed by atoms with Gasteiger partial charge in [0.25, 0.3) is 0 Å². The zero-order chi connectivity index (χ0) is 13.1. The average molecular weight is 311 g/mol. The van der Waals surface area contributed by atoms with Crippen LogP contribution in [0.25, 0.3) is 22.5 Å². The highest BCUT2D eigenvalue weighted by atomic mass is 79.9. The lowest BCUT2D eigenvalue weighted by Crippen LogP contribution is -1.90. The monoisotopic (exact) mass is 310 g/mol. The largest absolute Gasteiger partial charge is 0.150 e. The van der Waals surface area contributed by atoms with Gasteiger partial charge in [-0.1, -0.05) is 58.4 Å². The minimum Gasteiger partial charge on any atom is -0.150 e. The van der Waals surface area contributed by atoms with Gasteiger partial charge in [0.1, 0.15) is 0 Å². The van der Waals surface area contributed by atoms with Crippen molar-refractivity contribution in [2.75, 3.05) is 0 Å². The van der Waals surface area contributed by atoms with Crippen LogP contribution in [0, 0.1) is 0 Å². The second-order valence-corrected chi connectivity index (χ2v) is 5.09. The van der Waals surface area contributed by atoms with Crippen LogP contribution in [0.1, 0.15) is 0 Å². The van der Waals surface area contributed by atoms with E-state index in [-0.39, 0.29) is 0 Å². The first-order valence-electron chi connectivity index (χ1n) is 5.98. The van der Waals surface area contributed by atoms with E-state index in [1.807, 2.05) is 66.7 Å². The summed E-state index contributed by atoms with van der Waals surface area (Å²) >= 11 is 3.42. The SMILES string of the molecule is Brc1ccc(-c2ccc(-c3ccccc3)nn2)cc1. The van der Waals surface area contributed by atoms with Gasteiger partial charge in [0.2, 0.25) is 0 Å². The standard InChI is InChI=1S/C16H11BrN2/c17-14-8-6-13(7-9-14)16-11-10-15(18-19-16)12-4-2-1-3-5-12/h1-11H. The fraction of sp³-hybridized carbons (Fsp3) is 0. The van der Waals surface area contributed by atoms with Crippen LogP contribution >= 0.6 is 15.9 Å². The first-order chi connectivity index (χ1) is 9.33. The average Bonchev–Trinajstić information content (AvgIpc) is 2.49. The van der Waals surface area contributed by atoms with E-state index in [0.717, 1.165) is 27.0 Å². The van der Waals surface area contributed by atoms with Crippen LogP contribution in [-0.2, 0) is 0 Å². The van der Waals surface area contributed by atoms with Crippen molar-refractivity contribution in [1.29, 1.82) is 0 Å². The molecule has 0 amide bonds. The highest BCUT2D eigenvalue weighted by Crippen LogP contribution is 2.21. The van der Waals surface area contributed by atoms with Crippen molar-refractivity contribution in [2.45, 2.75) is 0 Å². The van der Waals surface area contributed by atoms with E-state index in [9.17, 15) is 0 Å². The molecule has 1 aromatic heterocycles. The molecule has 0 N–H and O–H groups in total. The van der Waals surface area contributed by atoms with E-state index in [1.165, 1.54) is 0 Å². The van der Waals surface area contributed by atoms with E-state index in [4.69, 9.17) is 0 Å². The van der Waals surface area contributed by atoms with Gasteiger partial charge in [-0.2, -0.15) is 0 Å². The third kappa shape index (κ3) is 2.71. The van der Waals surface area contributed by atoms with Gasteiger partial charge >= 0.3 is 0 Å². The maximum Gasteiger partial charge on any atom is 0.0930 e. The number of hydrogen-bond donors (Lipinski definition) is 0. The molecule has 0 radical (unpaired) electrons. The Bertz CT molecular complexity index is 661. The molecule has 19 heavy (non-hydrogen) atoms. The fourth-order valence-electron chi connectivity index (χ4n) is 1.87. The quantitative estimate of drug-likeness (QED) is 0.692. The second-order valence-electron chi connectivity index (χ2n) is 4.18. The minimum atomic E-state index is 0.882. The molecule has 2 nitrogen and oxygen atoms in total. The summed E-state index contributed by atoms with van der Waals surface area (Å²) in [6.07, 6.45) is 0. The van der Waals surface area contributed by atoms with Crippen LogP contribution in [0.4, 0.5) is 0 Å². The Morgan fingerprint density at radius 1 is 0.579 bits per heavy atom. The Balaban J connectivity index is 1.93. The summed E-state index contributed by atoms with van der Waals surface area (Å²) in [4.78, 5) is 0. The van der Waals surface area contributed by atoms with E-state index in [0.29, 0.717) is 0 Å². The first kappa shape index (κ1) is 12.1. The maximum absolute atomic E-state index is 4.29. The molecule has 92 valence electrons. The molecule has 0 saturated carbocycles. The van der Waals surface area contributed by atoms with Crippen molar-refractivity contribution < 1.29 is 0 Å². The Hall–Kier alpha value is -2.00. The minimum absolute atomic E-state index is 0.882. The summed E-state index contributed by atoms with van der Waals surface area (Å²) in [5, 5.41) is 8.58. The summed E-state index contributed by atoms with van der Waals surface area (Å²) in [7, 11) is 0. The van der Waals surface area contributed by atoms with E-state index >= 15 is 0 Å². The zero-order valence-corrected chi connectivity index (χ0v) is 11.7. The van der Waals surface area contributed by atoms with Crippen LogP contribution in [-0.4, -0.2) is 10.2 Å². The number of benzene rings is 2. The summed E-state index contributed by atoms with van der Waals surface area (Å²) < 4.78 is 1.06. The van der Waals surface area contributed by atoms with Crippen LogP contribution < -0.4 is 0 Å². The molecule has 3 aromatic rings. The molecule has 0 unspecified atom stereocenters. The number of aromatic nitrogens is 2. The van der Waals surface area contributed by atoms with Gasteiger partial charge in [0, 0.05) is 15.6 Å². The molecule has 0 aliphatic heterocycles. The lowest BCUT2D eigenvalue weighted by Gasteiger charge is -2.02. The van der Waals surface area contributed by atoms with Crippen LogP contribution in [0.15, 0.2) is 71.2 Å². The zero-order valence-electron chi connectivity index (χ0n) is 10.1. The van der Waals surface area contributed by atoms with E-state index in [2.05, 4.69) is 26.1 Å². The summed E-state index contributed by atoms with van der Waals surface area (Å²) in [6.45, 7) is 0. The summed E-state index contributed by atoms with van der Waals surface area (Å²) in [5.41, 5.74) is 3.92. The fourth-order valence-corrected chi connectivity index (χ4v) is 2.13. The molecule has 0 fully saturated rings. The smallest absolute Gasteiger partial charge is 0.0930 e. The summed E-state index contributed by atoms with van der Waals surface area (Å²) in [5.74, 6) is 0.